The van der Waals surface area contributed by atoms with Gasteiger partial charge in [-0.3, -0.25) is 0 Å². The Morgan fingerprint density at radius 3 is 3.10 bits per heavy atom. The highest BCUT2D eigenvalue weighted by Crippen LogP contribution is 2.14. The van der Waals surface area contributed by atoms with Crippen LogP contribution in [0.3, 0.4) is 0 Å². The van der Waals surface area contributed by atoms with Crippen molar-refractivity contribution in [3.8, 4) is 0 Å². The van der Waals surface area contributed by atoms with Gasteiger partial charge in [-0.15, -0.1) is 0 Å². The van der Waals surface area contributed by atoms with E-state index in [4.69, 9.17) is 9.47 Å². The Balaban J connectivity index is 2.23. The summed E-state index contributed by atoms with van der Waals surface area (Å²) in [6.45, 7) is 2.15. The van der Waals surface area contributed by atoms with Crippen LogP contribution in [0.25, 0.3) is 0 Å². The molecule has 0 spiro atoms. The monoisotopic (exact) mass is 139 g/mol. The Hall–Kier alpha value is -1.12. The van der Waals surface area contributed by atoms with Crippen molar-refractivity contribution < 1.29 is 9.47 Å². The van der Waals surface area contributed by atoms with Gasteiger partial charge in [0.25, 0.3) is 0 Å². The van der Waals surface area contributed by atoms with Crippen LogP contribution in [0.15, 0.2) is 23.8 Å². The molecule has 0 saturated heterocycles. The third-order valence-corrected chi connectivity index (χ3v) is 1.46. The second kappa shape index (κ2) is 2.25. The lowest BCUT2D eigenvalue weighted by molar-refractivity contribution is 0.0575. The number of dihydropyridines is 1. The lowest BCUT2D eigenvalue weighted by atomic mass is 10.3. The Labute approximate surface area is 59.3 Å². The zero-order valence-electron chi connectivity index (χ0n) is 5.59. The van der Waals surface area contributed by atoms with Crippen LogP contribution in [-0.2, 0) is 9.47 Å². The van der Waals surface area contributed by atoms with E-state index in [1.54, 1.807) is 0 Å². The summed E-state index contributed by atoms with van der Waals surface area (Å²) in [6, 6.07) is 0. The van der Waals surface area contributed by atoms with E-state index in [2.05, 4.69) is 5.32 Å². The van der Waals surface area contributed by atoms with Crippen molar-refractivity contribution in [2.45, 2.75) is 0 Å². The molecule has 0 fully saturated rings. The molecule has 2 aliphatic heterocycles. The van der Waals surface area contributed by atoms with Crippen molar-refractivity contribution in [3.05, 3.63) is 23.8 Å². The molecular weight excluding hydrogens is 130 g/mol. The first-order valence-corrected chi connectivity index (χ1v) is 3.37. The minimum Gasteiger partial charge on any atom is -0.484 e. The number of hydrogen-bond donors (Lipinski definition) is 1. The first kappa shape index (κ1) is 5.65. The van der Waals surface area contributed by atoms with Crippen molar-refractivity contribution in [1.29, 1.82) is 0 Å². The second-order valence-corrected chi connectivity index (χ2v) is 2.17. The van der Waals surface area contributed by atoms with E-state index >= 15 is 0 Å². The Kier molecular flexibility index (Phi) is 1.27. The standard InChI is InChI=1S/C7H9NO2/c1-2-6-7(8-3-1)10-5-4-9-6/h1-2,8H,3-5H2. The minimum atomic E-state index is 0.652. The van der Waals surface area contributed by atoms with Crippen LogP contribution in [0, 0.1) is 0 Å². The van der Waals surface area contributed by atoms with Crippen molar-refractivity contribution in [3.63, 3.8) is 0 Å². The normalized spacial score (nSPS) is 22.4. The predicted molar refractivity (Wildman–Crippen MR) is 36.1 cm³/mol. The predicted octanol–water partition coefficient (Wildman–Crippen LogP) is 0.362. The van der Waals surface area contributed by atoms with E-state index in [1.807, 2.05) is 12.2 Å². The third kappa shape index (κ3) is 0.835. The molecule has 1 N–H and O–H groups in total. The maximum Gasteiger partial charge on any atom is 0.230 e. The molecule has 3 nitrogen and oxygen atoms in total. The molecule has 0 aliphatic carbocycles. The molecule has 0 aromatic carbocycles. The average molecular weight is 139 g/mol. The van der Waals surface area contributed by atoms with Crippen LogP contribution in [0.5, 0.6) is 0 Å². The highest BCUT2D eigenvalue weighted by molar-refractivity contribution is 5.21. The molecule has 54 valence electrons. The van der Waals surface area contributed by atoms with Gasteiger partial charge in [0.15, 0.2) is 5.76 Å². The van der Waals surface area contributed by atoms with Crippen LogP contribution >= 0.6 is 0 Å². The SMILES string of the molecule is C1=CC2=C(NC1)OCCO2. The number of ether oxygens (including phenoxy) is 2. The van der Waals surface area contributed by atoms with Gasteiger partial charge in [-0.1, -0.05) is 6.08 Å². The topological polar surface area (TPSA) is 30.5 Å². The van der Waals surface area contributed by atoms with E-state index in [1.165, 1.54) is 0 Å². The highest BCUT2D eigenvalue weighted by Gasteiger charge is 2.14. The van der Waals surface area contributed by atoms with Crippen molar-refractivity contribution in [2.75, 3.05) is 19.8 Å². The Morgan fingerprint density at radius 1 is 1.30 bits per heavy atom. The van der Waals surface area contributed by atoms with Crippen LogP contribution in [0.2, 0.25) is 0 Å². The number of allylic oxidation sites excluding steroid dienone is 1. The van der Waals surface area contributed by atoms with Gasteiger partial charge in [0.05, 0.1) is 0 Å². The summed E-state index contributed by atoms with van der Waals surface area (Å²) >= 11 is 0. The summed E-state index contributed by atoms with van der Waals surface area (Å²) in [5.41, 5.74) is 0. The number of rotatable bonds is 0. The van der Waals surface area contributed by atoms with Gasteiger partial charge in [-0.05, 0) is 6.08 Å². The van der Waals surface area contributed by atoms with E-state index in [0.717, 1.165) is 18.2 Å². The van der Waals surface area contributed by atoms with Crippen LogP contribution in [0.4, 0.5) is 0 Å². The average Bonchev–Trinajstić information content (AvgIpc) is 2.05. The number of nitrogens with one attached hydrogen (secondary N) is 1. The Morgan fingerprint density at radius 2 is 2.20 bits per heavy atom. The largest absolute Gasteiger partial charge is 0.484 e. The fourth-order valence-electron chi connectivity index (χ4n) is 1.01. The van der Waals surface area contributed by atoms with Gasteiger partial charge in [-0.25, -0.2) is 0 Å². The molecule has 0 atom stereocenters. The minimum absolute atomic E-state index is 0.652. The molecule has 0 saturated carbocycles. The van der Waals surface area contributed by atoms with E-state index < -0.39 is 0 Å². The van der Waals surface area contributed by atoms with Gasteiger partial charge < -0.3 is 14.8 Å². The van der Waals surface area contributed by atoms with Gasteiger partial charge in [0.2, 0.25) is 5.88 Å². The first-order valence-electron chi connectivity index (χ1n) is 3.37. The summed E-state index contributed by atoms with van der Waals surface area (Å²) in [4.78, 5) is 0. The lowest BCUT2D eigenvalue weighted by Crippen LogP contribution is -2.26. The summed E-state index contributed by atoms with van der Waals surface area (Å²) in [7, 11) is 0. The van der Waals surface area contributed by atoms with Crippen LogP contribution in [0.1, 0.15) is 0 Å². The maximum atomic E-state index is 5.29. The zero-order valence-corrected chi connectivity index (χ0v) is 5.59. The molecule has 2 heterocycles. The molecule has 0 radical (unpaired) electrons. The van der Waals surface area contributed by atoms with Crippen LogP contribution in [-0.4, -0.2) is 19.8 Å². The molecule has 0 aromatic rings. The van der Waals surface area contributed by atoms with Crippen molar-refractivity contribution in [2.24, 2.45) is 0 Å². The fourth-order valence-corrected chi connectivity index (χ4v) is 1.01. The molecule has 0 aromatic heterocycles. The third-order valence-electron chi connectivity index (χ3n) is 1.46. The van der Waals surface area contributed by atoms with Crippen molar-refractivity contribution >= 4 is 0 Å². The first-order chi connectivity index (χ1) is 4.97. The van der Waals surface area contributed by atoms with Gasteiger partial charge in [0.1, 0.15) is 13.2 Å². The van der Waals surface area contributed by atoms with Gasteiger partial charge in [-0.2, -0.15) is 0 Å². The molecule has 0 amide bonds. The molecule has 0 bridgehead atoms. The number of hydrogen-bond acceptors (Lipinski definition) is 3. The van der Waals surface area contributed by atoms with E-state index in [0.29, 0.717) is 13.2 Å². The highest BCUT2D eigenvalue weighted by atomic mass is 16.6. The molecule has 3 heteroatoms. The van der Waals surface area contributed by atoms with Crippen LogP contribution < -0.4 is 5.32 Å². The van der Waals surface area contributed by atoms with Gasteiger partial charge >= 0.3 is 0 Å². The summed E-state index contributed by atoms with van der Waals surface area (Å²) in [5.74, 6) is 1.62. The summed E-state index contributed by atoms with van der Waals surface area (Å²) < 4.78 is 10.6. The van der Waals surface area contributed by atoms with E-state index in [-0.39, 0.29) is 0 Å². The second-order valence-electron chi connectivity index (χ2n) is 2.17. The van der Waals surface area contributed by atoms with Gasteiger partial charge in [0, 0.05) is 6.54 Å². The van der Waals surface area contributed by atoms with Crippen molar-refractivity contribution in [1.82, 2.24) is 5.32 Å². The molecular formula is C7H9NO2. The Bertz CT molecular complexity index is 196. The quantitative estimate of drug-likeness (QED) is 0.525. The zero-order chi connectivity index (χ0) is 6.81. The smallest absolute Gasteiger partial charge is 0.230 e. The summed E-state index contributed by atoms with van der Waals surface area (Å²) in [6.07, 6.45) is 3.94. The molecule has 10 heavy (non-hydrogen) atoms. The van der Waals surface area contributed by atoms with E-state index in [9.17, 15) is 0 Å². The molecule has 2 rings (SSSR count). The lowest BCUT2D eigenvalue weighted by Gasteiger charge is -2.22. The molecule has 2 aliphatic rings. The molecule has 0 unspecified atom stereocenters. The summed E-state index contributed by atoms with van der Waals surface area (Å²) in [5, 5.41) is 3.07. The maximum absolute atomic E-state index is 5.29. The fraction of sp³-hybridized carbons (Fsp3) is 0.429.